The summed E-state index contributed by atoms with van der Waals surface area (Å²) in [5, 5.41) is 1.36. The van der Waals surface area contributed by atoms with Crippen LogP contribution >= 0.6 is 22.3 Å². The number of aldehydes is 1. The molecule has 9 heteroatoms. The van der Waals surface area contributed by atoms with E-state index in [4.69, 9.17) is 22.3 Å². The molecule has 2 aromatic rings. The van der Waals surface area contributed by atoms with Crippen molar-refractivity contribution in [1.82, 2.24) is 4.90 Å². The fourth-order valence-corrected chi connectivity index (χ4v) is 3.79. The molecule has 32 heavy (non-hydrogen) atoms. The monoisotopic (exact) mass is 495 g/mol. The van der Waals surface area contributed by atoms with Gasteiger partial charge in [-0.3, -0.25) is 0 Å². The van der Waals surface area contributed by atoms with Crippen molar-refractivity contribution in [3.05, 3.63) is 76.3 Å². The summed E-state index contributed by atoms with van der Waals surface area (Å²) in [6.45, 7) is 3.82. The molecule has 0 aliphatic rings. The molecule has 0 heterocycles. The van der Waals surface area contributed by atoms with E-state index in [1.807, 2.05) is 49.4 Å². The summed E-state index contributed by atoms with van der Waals surface area (Å²) < 4.78 is 22.7. The number of benzene rings is 2. The molecule has 0 saturated heterocycles. The SMILES string of the molecule is CCc1cc(Cl)cc(N(C)C(=N/C=C/S(=O)(=O)Cl)N(C)C(C)(C=O)Cc2ccccc2)c1. The van der Waals surface area contributed by atoms with Crippen molar-refractivity contribution in [3.63, 3.8) is 0 Å². The quantitative estimate of drug-likeness (QED) is 0.226. The van der Waals surface area contributed by atoms with Gasteiger partial charge in [-0.1, -0.05) is 48.9 Å². The first-order valence-corrected chi connectivity index (χ1v) is 12.7. The molecule has 0 amide bonds. The minimum absolute atomic E-state index is 0.344. The third-order valence-electron chi connectivity index (χ3n) is 5.18. The number of hydrogen-bond donors (Lipinski definition) is 0. The number of carbonyl (C=O) groups excluding carboxylic acids is 1. The average Bonchev–Trinajstić information content (AvgIpc) is 2.75. The number of anilines is 1. The van der Waals surface area contributed by atoms with Crippen molar-refractivity contribution < 1.29 is 13.2 Å². The highest BCUT2D eigenvalue weighted by molar-refractivity contribution is 8.16. The summed E-state index contributed by atoms with van der Waals surface area (Å²) >= 11 is 6.30. The number of aliphatic imine (C=N–C) groups is 1. The normalized spacial score (nSPS) is 14.2. The van der Waals surface area contributed by atoms with Crippen LogP contribution in [0.2, 0.25) is 5.02 Å². The number of likely N-dealkylation sites (N-methyl/N-ethyl adjacent to an activating group) is 1. The fraction of sp³-hybridized carbons (Fsp3) is 0.304. The average molecular weight is 496 g/mol. The van der Waals surface area contributed by atoms with Crippen LogP contribution in [0.3, 0.4) is 0 Å². The number of carbonyl (C=O) groups is 1. The zero-order valence-corrected chi connectivity index (χ0v) is 20.8. The summed E-state index contributed by atoms with van der Waals surface area (Å²) in [5.41, 5.74) is 1.79. The summed E-state index contributed by atoms with van der Waals surface area (Å²) in [7, 11) is 4.92. The summed E-state index contributed by atoms with van der Waals surface area (Å²) in [6.07, 6.45) is 3.17. The Morgan fingerprint density at radius 2 is 1.78 bits per heavy atom. The molecule has 0 aliphatic heterocycles. The predicted octanol–water partition coefficient (Wildman–Crippen LogP) is 4.87. The van der Waals surface area contributed by atoms with Crippen LogP contribution in [-0.4, -0.2) is 45.2 Å². The zero-order chi connectivity index (χ0) is 23.9. The van der Waals surface area contributed by atoms with Crippen LogP contribution in [0, 0.1) is 0 Å². The van der Waals surface area contributed by atoms with Crippen LogP contribution in [0.5, 0.6) is 0 Å². The van der Waals surface area contributed by atoms with E-state index < -0.39 is 14.6 Å². The summed E-state index contributed by atoms with van der Waals surface area (Å²) in [4.78, 5) is 20.1. The van der Waals surface area contributed by atoms with Gasteiger partial charge >= 0.3 is 0 Å². The summed E-state index contributed by atoms with van der Waals surface area (Å²) in [6, 6.07) is 15.2. The van der Waals surface area contributed by atoms with Gasteiger partial charge < -0.3 is 14.6 Å². The molecule has 2 rings (SSSR count). The van der Waals surface area contributed by atoms with Gasteiger partial charge in [0.05, 0.1) is 10.9 Å². The molecule has 2 aromatic carbocycles. The van der Waals surface area contributed by atoms with E-state index in [0.29, 0.717) is 17.4 Å². The van der Waals surface area contributed by atoms with Gasteiger partial charge in [0.15, 0.2) is 0 Å². The zero-order valence-electron chi connectivity index (χ0n) is 18.5. The highest BCUT2D eigenvalue weighted by Crippen LogP contribution is 2.26. The Balaban J connectivity index is 2.54. The third kappa shape index (κ3) is 7.08. The Labute approximate surface area is 199 Å². The van der Waals surface area contributed by atoms with Gasteiger partial charge in [0, 0.05) is 48.1 Å². The minimum Gasteiger partial charge on any atom is -0.333 e. The number of halogens is 2. The lowest BCUT2D eigenvalue weighted by Gasteiger charge is -2.39. The molecule has 0 aliphatic carbocycles. The van der Waals surface area contributed by atoms with Crippen molar-refractivity contribution >= 4 is 49.3 Å². The topological polar surface area (TPSA) is 70.1 Å². The largest absolute Gasteiger partial charge is 0.333 e. The standard InChI is InChI=1S/C23H27Cl2N3O3S/c1-5-18-13-20(24)15-21(14-18)27(3)22(26-11-12-32(25,30)31)28(4)23(2,17-29)16-19-9-7-6-8-10-19/h6-15,17H,5,16H2,1-4H3/b12-11+,26-22?. The smallest absolute Gasteiger partial charge is 0.256 e. The molecule has 172 valence electrons. The minimum atomic E-state index is -3.89. The van der Waals surface area contributed by atoms with Crippen LogP contribution in [0.15, 0.2) is 65.1 Å². The van der Waals surface area contributed by atoms with Crippen LogP contribution in [0.1, 0.15) is 25.0 Å². The lowest BCUT2D eigenvalue weighted by molar-refractivity contribution is -0.115. The Morgan fingerprint density at radius 3 is 2.34 bits per heavy atom. The van der Waals surface area contributed by atoms with Crippen LogP contribution < -0.4 is 4.90 Å². The van der Waals surface area contributed by atoms with Gasteiger partial charge in [-0.25, -0.2) is 13.4 Å². The van der Waals surface area contributed by atoms with Gasteiger partial charge in [-0.15, -0.1) is 0 Å². The van der Waals surface area contributed by atoms with E-state index in [2.05, 4.69) is 4.99 Å². The lowest BCUT2D eigenvalue weighted by Crippen LogP contribution is -2.55. The maximum Gasteiger partial charge on any atom is 0.256 e. The van der Waals surface area contributed by atoms with Crippen molar-refractivity contribution in [1.29, 1.82) is 0 Å². The van der Waals surface area contributed by atoms with Crippen LogP contribution in [-0.2, 0) is 26.7 Å². The van der Waals surface area contributed by atoms with Gasteiger partial charge in [-0.2, -0.15) is 0 Å². The van der Waals surface area contributed by atoms with E-state index in [1.54, 1.807) is 36.9 Å². The molecule has 0 bridgehead atoms. The molecule has 0 N–H and O–H groups in total. The van der Waals surface area contributed by atoms with E-state index in [0.717, 1.165) is 41.1 Å². The number of hydrogen-bond acceptors (Lipinski definition) is 4. The molecule has 0 spiro atoms. The maximum atomic E-state index is 12.3. The second kappa shape index (κ2) is 11.0. The number of aryl methyl sites for hydroxylation is 1. The van der Waals surface area contributed by atoms with Crippen molar-refractivity contribution in [2.24, 2.45) is 4.99 Å². The van der Waals surface area contributed by atoms with E-state index in [9.17, 15) is 13.2 Å². The van der Waals surface area contributed by atoms with E-state index in [1.165, 1.54) is 0 Å². The molecule has 6 nitrogen and oxygen atoms in total. The number of nitrogens with zero attached hydrogens (tertiary/aromatic N) is 3. The van der Waals surface area contributed by atoms with E-state index in [-0.39, 0.29) is 0 Å². The maximum absolute atomic E-state index is 12.3. The van der Waals surface area contributed by atoms with Gasteiger partial charge in [0.1, 0.15) is 6.29 Å². The molecule has 0 radical (unpaired) electrons. The molecular weight excluding hydrogens is 469 g/mol. The van der Waals surface area contributed by atoms with Crippen molar-refractivity contribution in [2.75, 3.05) is 19.0 Å². The number of guanidine groups is 1. The predicted molar refractivity (Wildman–Crippen MR) is 133 cm³/mol. The van der Waals surface area contributed by atoms with Crippen LogP contribution in [0.25, 0.3) is 0 Å². The van der Waals surface area contributed by atoms with Gasteiger partial charge in [0.25, 0.3) is 9.05 Å². The highest BCUT2D eigenvalue weighted by atomic mass is 35.7. The van der Waals surface area contributed by atoms with Crippen LogP contribution in [0.4, 0.5) is 5.69 Å². The van der Waals surface area contributed by atoms with Gasteiger partial charge in [0.2, 0.25) is 5.96 Å². The third-order valence-corrected chi connectivity index (χ3v) is 6.15. The molecular formula is C23H27Cl2N3O3S. The number of rotatable bonds is 8. The summed E-state index contributed by atoms with van der Waals surface area (Å²) in [5.74, 6) is 0.344. The van der Waals surface area contributed by atoms with Crippen molar-refractivity contribution in [2.45, 2.75) is 32.2 Å². The lowest BCUT2D eigenvalue weighted by atomic mass is 9.93. The molecule has 1 unspecified atom stereocenters. The Bertz CT molecular complexity index is 1100. The Hall–Kier alpha value is -2.35. The molecule has 1 atom stereocenters. The highest BCUT2D eigenvalue weighted by Gasteiger charge is 2.33. The van der Waals surface area contributed by atoms with Gasteiger partial charge in [-0.05, 0) is 42.7 Å². The first-order valence-electron chi connectivity index (χ1n) is 9.95. The molecule has 0 saturated carbocycles. The van der Waals surface area contributed by atoms with E-state index >= 15 is 0 Å². The first-order chi connectivity index (χ1) is 15.0. The second-order valence-corrected chi connectivity index (χ2v) is 10.6. The first kappa shape index (κ1) is 25.9. The molecule has 0 aromatic heterocycles. The molecule has 0 fully saturated rings. The Kier molecular flexibility index (Phi) is 8.89. The Morgan fingerprint density at radius 1 is 1.12 bits per heavy atom. The fourth-order valence-electron chi connectivity index (χ4n) is 3.19. The van der Waals surface area contributed by atoms with Crippen molar-refractivity contribution in [3.8, 4) is 0 Å². The second-order valence-electron chi connectivity index (χ2n) is 7.62.